The number of aliphatic hydroxyl groups is 1. The Morgan fingerprint density at radius 1 is 1.06 bits per heavy atom. The number of rotatable bonds is 4. The summed E-state index contributed by atoms with van der Waals surface area (Å²) in [4.78, 5) is 13.7. The molecule has 0 bridgehead atoms. The Hall–Kier alpha value is -1.09. The van der Waals surface area contributed by atoms with E-state index in [0.29, 0.717) is 35.5 Å². The third-order valence-electron chi connectivity index (χ3n) is 11.1. The summed E-state index contributed by atoms with van der Waals surface area (Å²) in [5, 5.41) is 10.3. The summed E-state index contributed by atoms with van der Waals surface area (Å²) in [7, 11) is 0. The van der Waals surface area contributed by atoms with Crippen molar-refractivity contribution in [2.45, 2.75) is 105 Å². The summed E-state index contributed by atoms with van der Waals surface area (Å²) in [6, 6.07) is 0. The van der Waals surface area contributed by atoms with Gasteiger partial charge in [0.25, 0.3) is 0 Å². The number of esters is 1. The molecule has 0 aromatic heterocycles. The van der Waals surface area contributed by atoms with Crippen molar-refractivity contribution in [3.63, 3.8) is 0 Å². The van der Waals surface area contributed by atoms with E-state index in [-0.39, 0.29) is 22.9 Å². The monoisotopic (exact) mass is 440 g/mol. The number of hydrogen-bond acceptors (Lipinski definition) is 3. The second-order valence-corrected chi connectivity index (χ2v) is 12.9. The van der Waals surface area contributed by atoms with Crippen molar-refractivity contribution in [1.82, 2.24) is 0 Å². The second kappa shape index (κ2) is 7.45. The lowest BCUT2D eigenvalue weighted by molar-refractivity contribution is -0.161. The van der Waals surface area contributed by atoms with Crippen molar-refractivity contribution >= 4 is 5.97 Å². The van der Waals surface area contributed by atoms with Gasteiger partial charge in [-0.05, 0) is 105 Å². The van der Waals surface area contributed by atoms with E-state index in [1.54, 1.807) is 0 Å². The van der Waals surface area contributed by atoms with Gasteiger partial charge >= 0.3 is 5.97 Å². The van der Waals surface area contributed by atoms with Gasteiger partial charge in [0.1, 0.15) is 5.60 Å². The topological polar surface area (TPSA) is 46.5 Å². The summed E-state index contributed by atoms with van der Waals surface area (Å²) in [5.74, 6) is 3.44. The fraction of sp³-hybridized carbons (Fsp3) is 0.828. The first-order chi connectivity index (χ1) is 15.0. The number of aliphatic hydroxyl groups excluding tert-OH is 1. The molecule has 0 unspecified atom stereocenters. The zero-order valence-electron chi connectivity index (χ0n) is 21.1. The van der Waals surface area contributed by atoms with E-state index < -0.39 is 5.60 Å². The fourth-order valence-electron chi connectivity index (χ4n) is 8.93. The maximum atomic E-state index is 13.7. The van der Waals surface area contributed by atoms with Gasteiger partial charge in [0.05, 0.1) is 11.5 Å². The van der Waals surface area contributed by atoms with Crippen LogP contribution in [0.5, 0.6) is 0 Å². The molecule has 1 saturated heterocycles. The number of cyclic esters (lactones) is 1. The highest BCUT2D eigenvalue weighted by molar-refractivity contribution is 5.87. The lowest BCUT2D eigenvalue weighted by Crippen LogP contribution is -2.52. The quantitative estimate of drug-likeness (QED) is 0.403. The molecular weight excluding hydrogens is 396 g/mol. The van der Waals surface area contributed by atoms with E-state index >= 15 is 0 Å². The maximum Gasteiger partial charge on any atom is 0.317 e. The first-order valence-corrected chi connectivity index (χ1v) is 13.3. The molecule has 32 heavy (non-hydrogen) atoms. The zero-order valence-corrected chi connectivity index (χ0v) is 21.1. The molecule has 5 rings (SSSR count). The van der Waals surface area contributed by atoms with Crippen LogP contribution in [0.1, 0.15) is 92.9 Å². The first-order valence-electron chi connectivity index (χ1n) is 13.3. The zero-order chi connectivity index (χ0) is 23.1. The maximum absolute atomic E-state index is 13.7. The van der Waals surface area contributed by atoms with Crippen molar-refractivity contribution in [2.75, 3.05) is 0 Å². The van der Waals surface area contributed by atoms with Crippen molar-refractivity contribution in [3.8, 4) is 0 Å². The van der Waals surface area contributed by atoms with Crippen LogP contribution in [0.15, 0.2) is 23.3 Å². The molecule has 1 N–H and O–H groups in total. The molecule has 9 atom stereocenters. The largest absolute Gasteiger partial charge is 0.454 e. The number of hydrogen-bond donors (Lipinski definition) is 1. The Morgan fingerprint density at radius 3 is 2.53 bits per heavy atom. The van der Waals surface area contributed by atoms with Gasteiger partial charge < -0.3 is 9.84 Å². The van der Waals surface area contributed by atoms with Crippen molar-refractivity contribution in [2.24, 2.45) is 46.3 Å². The predicted octanol–water partition coefficient (Wildman–Crippen LogP) is 6.46. The lowest BCUT2D eigenvalue weighted by Gasteiger charge is -2.56. The Bertz CT molecular complexity index is 854. The highest BCUT2D eigenvalue weighted by Gasteiger charge is 2.68. The molecule has 5 aliphatic rings. The van der Waals surface area contributed by atoms with Crippen LogP contribution in [0.3, 0.4) is 0 Å². The first kappa shape index (κ1) is 22.7. The van der Waals surface area contributed by atoms with E-state index in [4.69, 9.17) is 4.74 Å². The second-order valence-electron chi connectivity index (χ2n) is 12.9. The minimum atomic E-state index is -0.435. The van der Waals surface area contributed by atoms with Crippen LogP contribution in [0.25, 0.3) is 0 Å². The third-order valence-corrected chi connectivity index (χ3v) is 11.1. The van der Waals surface area contributed by atoms with Crippen molar-refractivity contribution in [3.05, 3.63) is 23.3 Å². The minimum Gasteiger partial charge on any atom is -0.454 e. The average molecular weight is 441 g/mol. The number of allylic oxidation sites excluding steroid dienone is 2. The Morgan fingerprint density at radius 2 is 1.81 bits per heavy atom. The molecule has 0 aromatic carbocycles. The van der Waals surface area contributed by atoms with Gasteiger partial charge in [-0.25, -0.2) is 0 Å². The molecule has 0 aromatic rings. The number of carbonyl (C=O) groups is 1. The molecular formula is C29H44O3. The van der Waals surface area contributed by atoms with Gasteiger partial charge in [0.2, 0.25) is 0 Å². The van der Waals surface area contributed by atoms with Crippen LogP contribution < -0.4 is 0 Å². The van der Waals surface area contributed by atoms with E-state index in [1.807, 2.05) is 0 Å². The molecule has 3 fully saturated rings. The van der Waals surface area contributed by atoms with Gasteiger partial charge in [-0.2, -0.15) is 0 Å². The van der Waals surface area contributed by atoms with Crippen LogP contribution in [-0.2, 0) is 9.53 Å². The standard InChI is InChI=1S/C29H44O3/c1-17(2)19(4)18(3)16-28(6)25-10-9-24-22-8-7-20-15-21(30)11-13-27(20,5)23(22)12-14-29(24,25)26(31)32-28/h7,10,17-19,21-24,30H,8-9,11-16H2,1-6H3/t18-,19+,21-,22+,23-,24-,27-,28-,29+/m0/s1. The lowest BCUT2D eigenvalue weighted by atomic mass is 9.47. The molecule has 2 saturated carbocycles. The molecule has 3 nitrogen and oxygen atoms in total. The number of carbonyl (C=O) groups excluding carboxylic acids is 1. The molecule has 4 aliphatic carbocycles. The summed E-state index contributed by atoms with van der Waals surface area (Å²) in [6.07, 6.45) is 12.7. The van der Waals surface area contributed by atoms with E-state index in [2.05, 4.69) is 53.7 Å². The van der Waals surface area contributed by atoms with Crippen molar-refractivity contribution in [1.29, 1.82) is 0 Å². The van der Waals surface area contributed by atoms with Gasteiger partial charge in [-0.1, -0.05) is 52.3 Å². The molecule has 3 heteroatoms. The fourth-order valence-corrected chi connectivity index (χ4v) is 8.93. The van der Waals surface area contributed by atoms with Gasteiger partial charge in [0, 0.05) is 0 Å². The molecule has 1 spiro atoms. The van der Waals surface area contributed by atoms with E-state index in [0.717, 1.165) is 51.4 Å². The van der Waals surface area contributed by atoms with Crippen LogP contribution in [-0.4, -0.2) is 22.8 Å². The van der Waals surface area contributed by atoms with Gasteiger partial charge in [-0.3, -0.25) is 4.79 Å². The highest BCUT2D eigenvalue weighted by Crippen LogP contribution is 2.69. The SMILES string of the molecule is CC(C)[C@@H](C)[C@@H](C)C[C@]1(C)OC(=O)[C@]23CC[C@H]4[C@@H](CC=C5C[C@@H](O)CC[C@@]54C)[C@@H]2CC=C31. The van der Waals surface area contributed by atoms with Gasteiger partial charge in [-0.15, -0.1) is 0 Å². The Balaban J connectivity index is 1.43. The van der Waals surface area contributed by atoms with E-state index in [9.17, 15) is 9.90 Å². The Labute approximate surface area is 195 Å². The molecule has 0 amide bonds. The number of ether oxygens (including phenoxy) is 1. The molecule has 178 valence electrons. The Kier molecular flexibility index (Phi) is 5.29. The summed E-state index contributed by atoms with van der Waals surface area (Å²) in [6.45, 7) is 13.9. The predicted molar refractivity (Wildman–Crippen MR) is 128 cm³/mol. The third kappa shape index (κ3) is 2.98. The highest BCUT2D eigenvalue weighted by atomic mass is 16.6. The van der Waals surface area contributed by atoms with Gasteiger partial charge in [0.15, 0.2) is 0 Å². The normalized spacial score (nSPS) is 46.9. The summed E-state index contributed by atoms with van der Waals surface area (Å²) < 4.78 is 6.35. The van der Waals surface area contributed by atoms with Crippen LogP contribution >= 0.6 is 0 Å². The summed E-state index contributed by atoms with van der Waals surface area (Å²) in [5.41, 5.74) is 2.23. The minimum absolute atomic E-state index is 0.0793. The molecule has 1 heterocycles. The average Bonchev–Trinajstić information content (AvgIpc) is 3.23. The van der Waals surface area contributed by atoms with Crippen molar-refractivity contribution < 1.29 is 14.6 Å². The van der Waals surface area contributed by atoms with Crippen LogP contribution in [0.2, 0.25) is 0 Å². The van der Waals surface area contributed by atoms with Crippen LogP contribution in [0.4, 0.5) is 0 Å². The molecule has 1 aliphatic heterocycles. The summed E-state index contributed by atoms with van der Waals surface area (Å²) >= 11 is 0. The number of fused-ring (bicyclic) bond motifs is 4. The smallest absolute Gasteiger partial charge is 0.317 e. The van der Waals surface area contributed by atoms with Crippen LogP contribution in [0, 0.1) is 46.3 Å². The van der Waals surface area contributed by atoms with E-state index in [1.165, 1.54) is 11.1 Å². The molecule has 0 radical (unpaired) electrons.